The summed E-state index contributed by atoms with van der Waals surface area (Å²) in [5.74, 6) is 0.127. The van der Waals surface area contributed by atoms with Gasteiger partial charge >= 0.3 is 0 Å². The highest BCUT2D eigenvalue weighted by molar-refractivity contribution is 5.77. The zero-order chi connectivity index (χ0) is 13.3. The quantitative estimate of drug-likeness (QED) is 0.910. The lowest BCUT2D eigenvalue weighted by Crippen LogP contribution is -2.09. The van der Waals surface area contributed by atoms with Crippen LogP contribution in [0.15, 0.2) is 18.2 Å². The lowest BCUT2D eigenvalue weighted by Gasteiger charge is -2.11. The molecule has 1 aromatic carbocycles. The van der Waals surface area contributed by atoms with Gasteiger partial charge in [-0.1, -0.05) is 19.9 Å². The summed E-state index contributed by atoms with van der Waals surface area (Å²) >= 11 is 0. The molecular weight excluding hydrogens is 236 g/mol. The van der Waals surface area contributed by atoms with Crippen LogP contribution in [-0.2, 0) is 13.1 Å². The normalized spacial score (nSPS) is 11.9. The Hall–Kier alpha value is -1.49. The second-order valence-corrected chi connectivity index (χ2v) is 4.80. The number of nitrogens with two attached hydrogens (primary N) is 1. The Bertz CT molecular complexity index is 546. The Morgan fingerprint density at radius 1 is 1.33 bits per heavy atom. The van der Waals surface area contributed by atoms with Gasteiger partial charge in [-0.25, -0.2) is 13.8 Å². The van der Waals surface area contributed by atoms with Crippen LogP contribution in [0, 0.1) is 5.92 Å². The molecule has 5 heteroatoms. The van der Waals surface area contributed by atoms with Crippen molar-refractivity contribution in [2.75, 3.05) is 0 Å². The molecule has 1 aromatic heterocycles. The Kier molecular flexibility index (Phi) is 3.61. The molecule has 18 heavy (non-hydrogen) atoms. The summed E-state index contributed by atoms with van der Waals surface area (Å²) < 4.78 is 27.6. The monoisotopic (exact) mass is 253 g/mol. The molecule has 0 radical (unpaired) electrons. The summed E-state index contributed by atoms with van der Waals surface area (Å²) in [6.45, 7) is 4.92. The fourth-order valence-electron chi connectivity index (χ4n) is 2.04. The fraction of sp³-hybridized carbons (Fsp3) is 0.462. The van der Waals surface area contributed by atoms with Gasteiger partial charge in [0.1, 0.15) is 0 Å². The molecule has 2 rings (SSSR count). The van der Waals surface area contributed by atoms with Crippen molar-refractivity contribution in [3.8, 4) is 0 Å². The Morgan fingerprint density at radius 2 is 2.06 bits per heavy atom. The second-order valence-electron chi connectivity index (χ2n) is 4.80. The molecule has 0 aliphatic rings. The molecule has 0 spiro atoms. The number of nitrogens with zero attached hydrogens (tertiary/aromatic N) is 2. The van der Waals surface area contributed by atoms with E-state index in [9.17, 15) is 8.78 Å². The molecule has 1 heterocycles. The van der Waals surface area contributed by atoms with Crippen molar-refractivity contribution in [3.05, 3.63) is 29.6 Å². The van der Waals surface area contributed by atoms with E-state index < -0.39 is 6.43 Å². The van der Waals surface area contributed by atoms with Gasteiger partial charge in [0.05, 0.1) is 11.0 Å². The molecule has 0 saturated carbocycles. The third-order valence-electron chi connectivity index (χ3n) is 2.82. The van der Waals surface area contributed by atoms with Gasteiger partial charge in [0, 0.05) is 13.1 Å². The molecule has 0 aliphatic carbocycles. The van der Waals surface area contributed by atoms with Gasteiger partial charge in [0.2, 0.25) is 0 Å². The van der Waals surface area contributed by atoms with Gasteiger partial charge in [-0.3, -0.25) is 0 Å². The number of halogens is 2. The Labute approximate surface area is 105 Å². The van der Waals surface area contributed by atoms with Gasteiger partial charge in [0.25, 0.3) is 6.43 Å². The maximum absolute atomic E-state index is 13.0. The van der Waals surface area contributed by atoms with Gasteiger partial charge in [0.15, 0.2) is 5.82 Å². The van der Waals surface area contributed by atoms with Crippen molar-refractivity contribution in [2.45, 2.75) is 33.4 Å². The van der Waals surface area contributed by atoms with Crippen molar-refractivity contribution in [3.63, 3.8) is 0 Å². The number of hydrogen-bond acceptors (Lipinski definition) is 2. The zero-order valence-corrected chi connectivity index (χ0v) is 10.5. The molecule has 2 aromatic rings. The average Bonchev–Trinajstić information content (AvgIpc) is 2.66. The van der Waals surface area contributed by atoms with E-state index in [-0.39, 0.29) is 11.7 Å². The molecule has 0 amide bonds. The van der Waals surface area contributed by atoms with Crippen LogP contribution >= 0.6 is 0 Å². The van der Waals surface area contributed by atoms with Crippen LogP contribution in [0.25, 0.3) is 11.0 Å². The molecule has 0 fully saturated rings. The minimum Gasteiger partial charge on any atom is -0.326 e. The van der Waals surface area contributed by atoms with Crippen molar-refractivity contribution in [1.82, 2.24) is 9.55 Å². The first-order valence-electron chi connectivity index (χ1n) is 6.00. The molecule has 0 saturated heterocycles. The van der Waals surface area contributed by atoms with E-state index in [1.807, 2.05) is 26.0 Å². The lowest BCUT2D eigenvalue weighted by atomic mass is 10.2. The largest absolute Gasteiger partial charge is 0.326 e. The fourth-order valence-corrected chi connectivity index (χ4v) is 2.04. The van der Waals surface area contributed by atoms with E-state index in [4.69, 9.17) is 5.73 Å². The van der Waals surface area contributed by atoms with E-state index in [2.05, 4.69) is 4.98 Å². The number of hydrogen-bond donors (Lipinski definition) is 1. The highest BCUT2D eigenvalue weighted by Crippen LogP contribution is 2.25. The summed E-state index contributed by atoms with van der Waals surface area (Å²) in [6, 6.07) is 5.45. The lowest BCUT2D eigenvalue weighted by molar-refractivity contribution is 0.135. The first-order chi connectivity index (χ1) is 8.52. The van der Waals surface area contributed by atoms with Gasteiger partial charge < -0.3 is 10.3 Å². The number of alkyl halides is 2. The summed E-state index contributed by atoms with van der Waals surface area (Å²) in [6.07, 6.45) is -2.56. The van der Waals surface area contributed by atoms with E-state index in [1.165, 1.54) is 0 Å². The van der Waals surface area contributed by atoms with Gasteiger partial charge in [-0.2, -0.15) is 0 Å². The van der Waals surface area contributed by atoms with Crippen LogP contribution in [-0.4, -0.2) is 9.55 Å². The molecular formula is C13H17F2N3. The minimum absolute atomic E-state index is 0.159. The predicted molar refractivity (Wildman–Crippen MR) is 67.4 cm³/mol. The minimum atomic E-state index is -2.56. The molecule has 98 valence electrons. The van der Waals surface area contributed by atoms with E-state index in [0.29, 0.717) is 18.6 Å². The molecule has 0 aliphatic heterocycles. The summed E-state index contributed by atoms with van der Waals surface area (Å²) in [7, 11) is 0. The van der Waals surface area contributed by atoms with Crippen LogP contribution in [0.5, 0.6) is 0 Å². The second kappa shape index (κ2) is 5.02. The first-order valence-corrected chi connectivity index (χ1v) is 6.00. The van der Waals surface area contributed by atoms with Crippen LogP contribution in [0.4, 0.5) is 8.78 Å². The van der Waals surface area contributed by atoms with Crippen LogP contribution < -0.4 is 5.73 Å². The summed E-state index contributed by atoms with van der Waals surface area (Å²) in [4.78, 5) is 4.03. The molecule has 2 N–H and O–H groups in total. The molecule has 0 atom stereocenters. The number of benzene rings is 1. The molecule has 0 bridgehead atoms. The maximum atomic E-state index is 13.0. The number of aromatic nitrogens is 2. The summed E-state index contributed by atoms with van der Waals surface area (Å²) in [5.41, 5.74) is 7.78. The topological polar surface area (TPSA) is 43.8 Å². The number of fused-ring (bicyclic) bond motifs is 1. The van der Waals surface area contributed by atoms with Crippen molar-refractivity contribution in [1.29, 1.82) is 0 Å². The van der Waals surface area contributed by atoms with Crippen LogP contribution in [0.3, 0.4) is 0 Å². The van der Waals surface area contributed by atoms with Crippen LogP contribution in [0.2, 0.25) is 0 Å². The van der Waals surface area contributed by atoms with Gasteiger partial charge in [-0.15, -0.1) is 0 Å². The average molecular weight is 253 g/mol. The Balaban J connectivity index is 2.59. The van der Waals surface area contributed by atoms with Crippen molar-refractivity contribution < 1.29 is 8.78 Å². The van der Waals surface area contributed by atoms with Gasteiger partial charge in [-0.05, 0) is 23.6 Å². The van der Waals surface area contributed by atoms with Crippen molar-refractivity contribution >= 4 is 11.0 Å². The third kappa shape index (κ3) is 2.36. The SMILES string of the molecule is CC(C)Cn1c(C(F)F)nc2cc(CN)ccc21. The first kappa shape index (κ1) is 13.0. The van der Waals surface area contributed by atoms with E-state index in [1.54, 1.807) is 10.6 Å². The predicted octanol–water partition coefficient (Wildman–Crippen LogP) is 3.09. The Morgan fingerprint density at radius 3 is 2.61 bits per heavy atom. The zero-order valence-electron chi connectivity index (χ0n) is 10.5. The smallest absolute Gasteiger partial charge is 0.295 e. The summed E-state index contributed by atoms with van der Waals surface area (Å²) in [5, 5.41) is 0. The van der Waals surface area contributed by atoms with E-state index >= 15 is 0 Å². The van der Waals surface area contributed by atoms with Crippen LogP contribution in [0.1, 0.15) is 31.7 Å². The third-order valence-corrected chi connectivity index (χ3v) is 2.82. The standard InChI is InChI=1S/C13H17F2N3/c1-8(2)7-18-11-4-3-9(6-16)5-10(11)17-13(18)12(14)15/h3-5,8,12H,6-7,16H2,1-2H3. The van der Waals surface area contributed by atoms with Crippen molar-refractivity contribution in [2.24, 2.45) is 11.7 Å². The van der Waals surface area contributed by atoms with E-state index in [0.717, 1.165) is 11.1 Å². The highest BCUT2D eigenvalue weighted by atomic mass is 19.3. The maximum Gasteiger partial charge on any atom is 0.295 e. The number of imidazole rings is 1. The highest BCUT2D eigenvalue weighted by Gasteiger charge is 2.19. The molecule has 0 unspecified atom stereocenters. The molecule has 3 nitrogen and oxygen atoms in total. The number of rotatable bonds is 4.